The number of benzene rings is 2. The summed E-state index contributed by atoms with van der Waals surface area (Å²) in [6.07, 6.45) is 2.35. The fourth-order valence-electron chi connectivity index (χ4n) is 2.33. The lowest BCUT2D eigenvalue weighted by Gasteiger charge is -2.08. The highest BCUT2D eigenvalue weighted by Gasteiger charge is 2.08. The molecule has 0 aliphatic carbocycles. The van der Waals surface area contributed by atoms with Gasteiger partial charge in [-0.1, -0.05) is 24.3 Å². The molecule has 0 aliphatic heterocycles. The van der Waals surface area contributed by atoms with Gasteiger partial charge in [-0.15, -0.1) is 0 Å². The first-order chi connectivity index (χ1) is 12.1. The summed E-state index contributed by atoms with van der Waals surface area (Å²) in [6, 6.07) is 14.4. The van der Waals surface area contributed by atoms with Crippen molar-refractivity contribution < 1.29 is 14.3 Å². The van der Waals surface area contributed by atoms with Crippen molar-refractivity contribution in [3.63, 3.8) is 0 Å². The zero-order valence-electron chi connectivity index (χ0n) is 14.1. The number of amides is 1. The van der Waals surface area contributed by atoms with E-state index in [1.807, 2.05) is 24.3 Å². The minimum atomic E-state index is -0.227. The zero-order valence-corrected chi connectivity index (χ0v) is 14.1. The number of nitrogens with one attached hydrogen (secondary N) is 1. The summed E-state index contributed by atoms with van der Waals surface area (Å²) in [5.74, 6) is 4.68. The van der Waals surface area contributed by atoms with Gasteiger partial charge in [0.15, 0.2) is 0 Å². The molecule has 0 aromatic heterocycles. The van der Waals surface area contributed by atoms with Gasteiger partial charge in [-0.3, -0.25) is 9.59 Å². The van der Waals surface area contributed by atoms with Crippen LogP contribution >= 0.6 is 0 Å². The fraction of sp³-hybridized carbons (Fsp3) is 0.211. The maximum atomic E-state index is 12.4. The van der Waals surface area contributed by atoms with Crippen LogP contribution in [0.25, 0.3) is 0 Å². The SMILES string of the molecule is CCOC(=O)CCc1cccc(NC(=O)c2cccc(C=NN)c2)c1. The molecule has 0 heterocycles. The molecule has 0 radical (unpaired) electrons. The van der Waals surface area contributed by atoms with Crippen molar-refractivity contribution in [2.45, 2.75) is 19.8 Å². The third kappa shape index (κ3) is 5.76. The molecule has 0 saturated heterocycles. The minimum Gasteiger partial charge on any atom is -0.466 e. The average molecular weight is 339 g/mol. The van der Waals surface area contributed by atoms with Crippen LogP contribution < -0.4 is 11.2 Å². The molecule has 0 aliphatic rings. The molecule has 0 unspecified atom stereocenters. The lowest BCUT2D eigenvalue weighted by Crippen LogP contribution is -2.12. The lowest BCUT2D eigenvalue weighted by molar-refractivity contribution is -0.143. The van der Waals surface area contributed by atoms with Gasteiger partial charge in [-0.05, 0) is 48.7 Å². The van der Waals surface area contributed by atoms with E-state index in [1.54, 1.807) is 31.2 Å². The number of anilines is 1. The predicted octanol–water partition coefficient (Wildman–Crippen LogP) is 2.73. The molecule has 2 rings (SSSR count). The molecule has 6 nitrogen and oxygen atoms in total. The van der Waals surface area contributed by atoms with Gasteiger partial charge in [-0.2, -0.15) is 5.10 Å². The first kappa shape index (κ1) is 18.2. The number of nitrogens with zero attached hydrogens (tertiary/aromatic N) is 1. The Labute approximate surface area is 146 Å². The molecule has 130 valence electrons. The van der Waals surface area contributed by atoms with E-state index in [9.17, 15) is 9.59 Å². The van der Waals surface area contributed by atoms with E-state index in [0.717, 1.165) is 11.1 Å². The molecule has 0 bridgehead atoms. The second kappa shape index (κ2) is 9.22. The number of hydrogen-bond acceptors (Lipinski definition) is 5. The third-order valence-corrected chi connectivity index (χ3v) is 3.48. The highest BCUT2D eigenvalue weighted by Crippen LogP contribution is 2.14. The standard InChI is InChI=1S/C19H21N3O3/c1-2-25-18(23)10-9-14-5-4-8-17(12-14)22-19(24)16-7-3-6-15(11-16)13-21-20/h3-8,11-13H,2,9-10,20H2,1H3,(H,22,24). The molecule has 2 aromatic rings. The Morgan fingerprint density at radius 1 is 1.20 bits per heavy atom. The van der Waals surface area contributed by atoms with Crippen LogP contribution in [0.5, 0.6) is 0 Å². The number of hydrogen-bond donors (Lipinski definition) is 2. The summed E-state index contributed by atoms with van der Waals surface area (Å²) >= 11 is 0. The molecule has 6 heteroatoms. The fourth-order valence-corrected chi connectivity index (χ4v) is 2.33. The normalized spacial score (nSPS) is 10.6. The second-order valence-corrected chi connectivity index (χ2v) is 5.36. The van der Waals surface area contributed by atoms with Gasteiger partial charge in [-0.25, -0.2) is 0 Å². The molecule has 0 fully saturated rings. The Kier molecular flexibility index (Phi) is 6.71. The summed E-state index contributed by atoms with van der Waals surface area (Å²) in [4.78, 5) is 23.8. The van der Waals surface area contributed by atoms with Gasteiger partial charge in [0, 0.05) is 17.7 Å². The summed E-state index contributed by atoms with van der Waals surface area (Å²) in [5.41, 5.74) is 2.88. The molecular formula is C19H21N3O3. The van der Waals surface area contributed by atoms with E-state index >= 15 is 0 Å². The van der Waals surface area contributed by atoms with Gasteiger partial charge < -0.3 is 15.9 Å². The first-order valence-electron chi connectivity index (χ1n) is 8.01. The Morgan fingerprint density at radius 3 is 2.76 bits per heavy atom. The number of carbonyl (C=O) groups is 2. The molecule has 2 aromatic carbocycles. The van der Waals surface area contributed by atoms with E-state index in [0.29, 0.717) is 30.7 Å². The van der Waals surface area contributed by atoms with Crippen LogP contribution in [0.1, 0.15) is 34.8 Å². The molecule has 25 heavy (non-hydrogen) atoms. The van der Waals surface area contributed by atoms with Crippen LogP contribution in [-0.4, -0.2) is 24.7 Å². The Morgan fingerprint density at radius 2 is 2.00 bits per heavy atom. The molecule has 0 saturated carbocycles. The van der Waals surface area contributed by atoms with E-state index in [4.69, 9.17) is 10.6 Å². The topological polar surface area (TPSA) is 93.8 Å². The van der Waals surface area contributed by atoms with E-state index in [-0.39, 0.29) is 11.9 Å². The highest BCUT2D eigenvalue weighted by atomic mass is 16.5. The van der Waals surface area contributed by atoms with Crippen LogP contribution in [-0.2, 0) is 16.0 Å². The monoisotopic (exact) mass is 339 g/mol. The van der Waals surface area contributed by atoms with Crippen LogP contribution in [0.2, 0.25) is 0 Å². The number of rotatable bonds is 7. The lowest BCUT2D eigenvalue weighted by atomic mass is 10.1. The van der Waals surface area contributed by atoms with Crippen molar-refractivity contribution in [2.75, 3.05) is 11.9 Å². The third-order valence-electron chi connectivity index (χ3n) is 3.48. The largest absolute Gasteiger partial charge is 0.466 e. The van der Waals surface area contributed by atoms with E-state index < -0.39 is 0 Å². The van der Waals surface area contributed by atoms with Gasteiger partial charge in [0.2, 0.25) is 0 Å². The van der Waals surface area contributed by atoms with E-state index in [2.05, 4.69) is 10.4 Å². The van der Waals surface area contributed by atoms with Crippen molar-refractivity contribution >= 4 is 23.8 Å². The van der Waals surface area contributed by atoms with Gasteiger partial charge >= 0.3 is 5.97 Å². The number of aryl methyl sites for hydroxylation is 1. The predicted molar refractivity (Wildman–Crippen MR) is 97.6 cm³/mol. The first-order valence-corrected chi connectivity index (χ1v) is 8.01. The van der Waals surface area contributed by atoms with Crippen LogP contribution in [0.4, 0.5) is 5.69 Å². The highest BCUT2D eigenvalue weighted by molar-refractivity contribution is 6.05. The van der Waals surface area contributed by atoms with Crippen molar-refractivity contribution in [2.24, 2.45) is 10.9 Å². The van der Waals surface area contributed by atoms with Crippen molar-refractivity contribution in [3.8, 4) is 0 Å². The summed E-state index contributed by atoms with van der Waals surface area (Å²) in [5, 5.41) is 6.31. The second-order valence-electron chi connectivity index (χ2n) is 5.36. The number of ether oxygens (including phenoxy) is 1. The van der Waals surface area contributed by atoms with Crippen molar-refractivity contribution in [1.82, 2.24) is 0 Å². The van der Waals surface area contributed by atoms with Gasteiger partial charge in [0.1, 0.15) is 0 Å². The molecule has 1 amide bonds. The summed E-state index contributed by atoms with van der Waals surface area (Å²) in [6.45, 7) is 2.16. The Bertz CT molecular complexity index is 772. The smallest absolute Gasteiger partial charge is 0.306 e. The number of hydrazone groups is 1. The number of carbonyl (C=O) groups excluding carboxylic acids is 2. The molecule has 0 atom stereocenters. The maximum absolute atomic E-state index is 12.4. The quantitative estimate of drug-likeness (QED) is 0.351. The van der Waals surface area contributed by atoms with E-state index in [1.165, 1.54) is 6.21 Å². The number of esters is 1. The molecular weight excluding hydrogens is 318 g/mol. The average Bonchev–Trinajstić information content (AvgIpc) is 2.61. The van der Waals surface area contributed by atoms with Crippen LogP contribution in [0, 0.1) is 0 Å². The van der Waals surface area contributed by atoms with Gasteiger partial charge in [0.05, 0.1) is 12.8 Å². The van der Waals surface area contributed by atoms with Crippen LogP contribution in [0.3, 0.4) is 0 Å². The molecule has 3 N–H and O–H groups in total. The summed E-state index contributed by atoms with van der Waals surface area (Å²) < 4.78 is 4.92. The zero-order chi connectivity index (χ0) is 18.1. The minimum absolute atomic E-state index is 0.227. The summed E-state index contributed by atoms with van der Waals surface area (Å²) in [7, 11) is 0. The van der Waals surface area contributed by atoms with Crippen LogP contribution in [0.15, 0.2) is 53.6 Å². The maximum Gasteiger partial charge on any atom is 0.306 e. The van der Waals surface area contributed by atoms with Crippen molar-refractivity contribution in [3.05, 3.63) is 65.2 Å². The Balaban J connectivity index is 2.02. The van der Waals surface area contributed by atoms with Crippen molar-refractivity contribution in [1.29, 1.82) is 0 Å². The molecule has 0 spiro atoms. The Hall–Kier alpha value is -3.15. The number of nitrogens with two attached hydrogens (primary N) is 1. The van der Waals surface area contributed by atoms with Gasteiger partial charge in [0.25, 0.3) is 5.91 Å².